The number of halogens is 1. The van der Waals surface area contributed by atoms with Crippen molar-refractivity contribution in [1.29, 1.82) is 0 Å². The van der Waals surface area contributed by atoms with Crippen LogP contribution in [0.5, 0.6) is 5.75 Å². The number of H-pyrrole nitrogens is 1. The topological polar surface area (TPSA) is 110 Å². The van der Waals surface area contributed by atoms with Crippen LogP contribution in [0.25, 0.3) is 0 Å². The molecule has 0 aliphatic rings. The number of thioether (sulfide) groups is 1. The minimum atomic E-state index is -0.524. The number of nitrogens with one attached hydrogen (secondary N) is 2. The van der Waals surface area contributed by atoms with E-state index in [0.717, 1.165) is 11.8 Å². The summed E-state index contributed by atoms with van der Waals surface area (Å²) in [4.78, 5) is 30.1. The highest BCUT2D eigenvalue weighted by Gasteiger charge is 2.18. The number of methoxy groups -OCH3 is 1. The Morgan fingerprint density at radius 2 is 2.22 bits per heavy atom. The first-order valence-corrected chi connectivity index (χ1v) is 7.82. The molecule has 0 saturated carbocycles. The number of anilines is 2. The van der Waals surface area contributed by atoms with Gasteiger partial charge in [-0.15, -0.1) is 0 Å². The molecular weight excluding hydrogens is 340 g/mol. The molecule has 1 heterocycles. The average Bonchev–Trinajstić information content (AvgIpc) is 2.46. The molecule has 23 heavy (non-hydrogen) atoms. The molecule has 2 aromatic rings. The highest BCUT2D eigenvalue weighted by Crippen LogP contribution is 2.29. The standard InChI is InChI=1S/C14H15ClN4O3S/c1-7(23-14-18-11(16)6-12(20)19-14)13(21)17-9-5-8(15)3-4-10(9)22-2/h3-7H,1-2H3,(H,17,21)(H3,16,18,19,20). The second kappa shape index (κ2) is 7.38. The van der Waals surface area contributed by atoms with Crippen LogP contribution in [0.3, 0.4) is 0 Å². The molecule has 122 valence electrons. The third kappa shape index (κ3) is 4.64. The van der Waals surface area contributed by atoms with Gasteiger partial charge in [-0.2, -0.15) is 0 Å². The fraction of sp³-hybridized carbons (Fsp3) is 0.214. The molecule has 1 atom stereocenters. The number of nitrogens with zero attached hydrogens (tertiary/aromatic N) is 1. The van der Waals surface area contributed by atoms with E-state index in [1.807, 2.05) is 0 Å². The number of aromatic amines is 1. The zero-order chi connectivity index (χ0) is 17.0. The molecule has 7 nitrogen and oxygen atoms in total. The van der Waals surface area contributed by atoms with E-state index < -0.39 is 5.25 Å². The summed E-state index contributed by atoms with van der Waals surface area (Å²) >= 11 is 7.01. The number of carbonyl (C=O) groups is 1. The zero-order valence-corrected chi connectivity index (χ0v) is 14.0. The summed E-state index contributed by atoms with van der Waals surface area (Å²) in [5.41, 5.74) is 5.61. The van der Waals surface area contributed by atoms with Gasteiger partial charge < -0.3 is 20.8 Å². The average molecular weight is 355 g/mol. The first-order valence-electron chi connectivity index (χ1n) is 6.57. The molecule has 0 aliphatic heterocycles. The van der Waals surface area contributed by atoms with Gasteiger partial charge in [-0.3, -0.25) is 9.59 Å². The SMILES string of the molecule is COc1ccc(Cl)cc1NC(=O)C(C)Sc1nc(N)cc(=O)[nH]1. The maximum atomic E-state index is 12.3. The van der Waals surface area contributed by atoms with Gasteiger partial charge >= 0.3 is 0 Å². The number of nitrogen functional groups attached to an aromatic ring is 1. The Balaban J connectivity index is 2.11. The van der Waals surface area contributed by atoms with Gasteiger partial charge in [-0.1, -0.05) is 23.4 Å². The smallest absolute Gasteiger partial charge is 0.253 e. The molecule has 9 heteroatoms. The van der Waals surface area contributed by atoms with E-state index in [9.17, 15) is 9.59 Å². The lowest BCUT2D eigenvalue weighted by atomic mass is 10.3. The van der Waals surface area contributed by atoms with Crippen LogP contribution in [0.4, 0.5) is 11.5 Å². The van der Waals surface area contributed by atoms with E-state index in [-0.39, 0.29) is 22.4 Å². The summed E-state index contributed by atoms with van der Waals surface area (Å²) in [5.74, 6) is 0.302. The van der Waals surface area contributed by atoms with Gasteiger partial charge in [-0.25, -0.2) is 4.98 Å². The van der Waals surface area contributed by atoms with Gasteiger partial charge in [-0.05, 0) is 25.1 Å². The van der Waals surface area contributed by atoms with Crippen LogP contribution in [0.1, 0.15) is 6.92 Å². The molecule has 1 amide bonds. The molecule has 1 aromatic carbocycles. The Morgan fingerprint density at radius 3 is 2.87 bits per heavy atom. The molecule has 0 radical (unpaired) electrons. The quantitative estimate of drug-likeness (QED) is 0.560. The van der Waals surface area contributed by atoms with Crippen LogP contribution in [0.2, 0.25) is 5.02 Å². The van der Waals surface area contributed by atoms with Crippen LogP contribution in [-0.4, -0.2) is 28.2 Å². The molecule has 0 aliphatic carbocycles. The molecule has 1 unspecified atom stereocenters. The van der Waals surface area contributed by atoms with Crippen molar-refractivity contribution in [2.45, 2.75) is 17.3 Å². The van der Waals surface area contributed by atoms with Crippen molar-refractivity contribution >= 4 is 40.8 Å². The number of rotatable bonds is 5. The van der Waals surface area contributed by atoms with Crippen molar-refractivity contribution in [3.8, 4) is 5.75 Å². The number of hydrogen-bond donors (Lipinski definition) is 3. The monoisotopic (exact) mass is 354 g/mol. The summed E-state index contributed by atoms with van der Waals surface area (Å²) in [7, 11) is 1.50. The van der Waals surface area contributed by atoms with Gasteiger partial charge in [0.1, 0.15) is 11.6 Å². The zero-order valence-electron chi connectivity index (χ0n) is 12.4. The third-order valence-electron chi connectivity index (χ3n) is 2.82. The molecule has 0 fully saturated rings. The summed E-state index contributed by atoms with van der Waals surface area (Å²) < 4.78 is 5.17. The molecular formula is C14H15ClN4O3S. The Hall–Kier alpha value is -2.19. The van der Waals surface area contributed by atoms with Crippen molar-refractivity contribution in [2.75, 3.05) is 18.2 Å². The summed E-state index contributed by atoms with van der Waals surface area (Å²) in [6.07, 6.45) is 0. The van der Waals surface area contributed by atoms with Crippen molar-refractivity contribution in [1.82, 2.24) is 9.97 Å². The Labute approximate surface area is 141 Å². The number of aromatic nitrogens is 2. The van der Waals surface area contributed by atoms with Crippen LogP contribution in [-0.2, 0) is 4.79 Å². The van der Waals surface area contributed by atoms with E-state index in [1.165, 1.54) is 13.2 Å². The van der Waals surface area contributed by atoms with Gasteiger partial charge in [0, 0.05) is 11.1 Å². The fourth-order valence-corrected chi connectivity index (χ4v) is 2.73. The largest absolute Gasteiger partial charge is 0.495 e. The van der Waals surface area contributed by atoms with Crippen LogP contribution < -0.4 is 21.3 Å². The van der Waals surface area contributed by atoms with E-state index >= 15 is 0 Å². The van der Waals surface area contributed by atoms with E-state index in [2.05, 4.69) is 15.3 Å². The lowest BCUT2D eigenvalue weighted by Crippen LogP contribution is -2.23. The maximum Gasteiger partial charge on any atom is 0.253 e. The van der Waals surface area contributed by atoms with Crippen LogP contribution in [0, 0.1) is 0 Å². The lowest BCUT2D eigenvalue weighted by Gasteiger charge is -2.14. The molecule has 2 rings (SSSR count). The summed E-state index contributed by atoms with van der Waals surface area (Å²) in [6.45, 7) is 1.68. The van der Waals surface area contributed by atoms with Gasteiger partial charge in [0.05, 0.1) is 18.0 Å². The molecule has 0 spiro atoms. The number of amides is 1. The number of benzene rings is 1. The Kier molecular flexibility index (Phi) is 5.51. The number of ether oxygens (including phenoxy) is 1. The molecule has 0 bridgehead atoms. The van der Waals surface area contributed by atoms with Crippen LogP contribution in [0.15, 0.2) is 34.2 Å². The molecule has 1 aromatic heterocycles. The van der Waals surface area contributed by atoms with E-state index in [4.69, 9.17) is 22.1 Å². The Bertz CT molecular complexity index is 781. The first kappa shape index (κ1) is 17.2. The molecule has 0 saturated heterocycles. The lowest BCUT2D eigenvalue weighted by molar-refractivity contribution is -0.115. The highest BCUT2D eigenvalue weighted by molar-refractivity contribution is 8.00. The minimum Gasteiger partial charge on any atom is -0.495 e. The van der Waals surface area contributed by atoms with Gasteiger partial charge in [0.2, 0.25) is 5.91 Å². The second-order valence-corrected chi connectivity index (χ2v) is 6.34. The van der Waals surface area contributed by atoms with Crippen molar-refractivity contribution in [2.24, 2.45) is 0 Å². The van der Waals surface area contributed by atoms with Gasteiger partial charge in [0.15, 0.2) is 5.16 Å². The minimum absolute atomic E-state index is 0.0976. The van der Waals surface area contributed by atoms with Gasteiger partial charge in [0.25, 0.3) is 5.56 Å². The first-order chi connectivity index (χ1) is 10.9. The number of carbonyl (C=O) groups excluding carboxylic acids is 1. The number of hydrogen-bond acceptors (Lipinski definition) is 6. The molecule has 4 N–H and O–H groups in total. The van der Waals surface area contributed by atoms with Crippen molar-refractivity contribution < 1.29 is 9.53 Å². The van der Waals surface area contributed by atoms with Crippen molar-refractivity contribution in [3.63, 3.8) is 0 Å². The highest BCUT2D eigenvalue weighted by atomic mass is 35.5. The Morgan fingerprint density at radius 1 is 1.48 bits per heavy atom. The van der Waals surface area contributed by atoms with E-state index in [1.54, 1.807) is 25.1 Å². The van der Waals surface area contributed by atoms with Crippen LogP contribution >= 0.6 is 23.4 Å². The maximum absolute atomic E-state index is 12.3. The summed E-state index contributed by atoms with van der Waals surface area (Å²) in [5, 5.41) is 2.96. The predicted molar refractivity (Wildman–Crippen MR) is 91.2 cm³/mol. The van der Waals surface area contributed by atoms with E-state index in [0.29, 0.717) is 16.5 Å². The fourth-order valence-electron chi connectivity index (χ4n) is 1.74. The third-order valence-corrected chi connectivity index (χ3v) is 4.04. The predicted octanol–water partition coefficient (Wildman–Crippen LogP) is 2.13. The summed E-state index contributed by atoms with van der Waals surface area (Å²) in [6, 6.07) is 6.09. The normalized spacial score (nSPS) is 11.8. The van der Waals surface area contributed by atoms with Crippen molar-refractivity contribution in [3.05, 3.63) is 39.6 Å². The number of nitrogens with two attached hydrogens (primary N) is 1. The second-order valence-electron chi connectivity index (χ2n) is 4.57.